The molecule has 0 heterocycles. The van der Waals surface area contributed by atoms with Gasteiger partial charge in [0.25, 0.3) is 47.3 Å². The fraction of sp³-hybridized carbons (Fsp3) is 0.333. The van der Waals surface area contributed by atoms with E-state index in [-0.39, 0.29) is 121 Å². The first-order valence-electron chi connectivity index (χ1n) is 39.0. The molecule has 0 aliphatic heterocycles. The number of aryl methyl sites for hydroxylation is 3. The Balaban J connectivity index is 0.000000327. The van der Waals surface area contributed by atoms with Crippen LogP contribution in [-0.2, 0) is 21.9 Å². The molecule has 746 valence electrons. The van der Waals surface area contributed by atoms with Gasteiger partial charge >= 0.3 is 55.1 Å². The lowest BCUT2D eigenvalue weighted by molar-refractivity contribution is -0.348. The van der Waals surface area contributed by atoms with Crippen molar-refractivity contribution in [2.24, 2.45) is 0 Å². The SMILES string of the molecule is CC(C)(C#N)NC(=O)c1c(I)cccc1C(=O)Nc1ccc(C(C)(C(F)(F)F)C(F)(F)F)cc1.Cc1cc(C(C)(C(F)(F)F)C(F)(F)F)ccc1NC(=O)c1ccc(Cl)cc1C(=O)NC(C)(C)C#N.Cc1cc(C(C)(C(F)(F)F)C(F)(F)F)ccc1NC(=O)c1cccc(Cl)c1C(=O)NC(C)(C)C#N.Cc1cc(C(F)(C(F)(F)F)C(F)(F)F)ccc1NC(=O)c1cccc(I)c1C(=O)NC(C)(C)C#N. The number of rotatable bonds is 20. The van der Waals surface area contributed by atoms with Crippen LogP contribution in [0.4, 0.5) is 133 Å². The third kappa shape index (κ3) is 26.9. The first-order valence-corrected chi connectivity index (χ1v) is 41.9. The molecule has 0 spiro atoms. The number of anilines is 4. The Bertz CT molecular complexity index is 5980. The van der Waals surface area contributed by atoms with E-state index in [1.807, 2.05) is 46.9 Å². The number of halogens is 29. The predicted octanol–water partition coefficient (Wildman–Crippen LogP) is 24.8. The molecule has 139 heavy (non-hydrogen) atoms. The lowest BCUT2D eigenvalue weighted by Gasteiger charge is -2.34. The summed E-state index contributed by atoms with van der Waals surface area (Å²) in [5.74, 6) is -6.56. The standard InChI is InChI=1S/2C23H20ClF6N3O2.C22H17F7IN3O2.C22H18F6IN3O2/c1-12-9-13(21(4,22(25,26)27)23(28,29)30)5-8-17(12)32-18(34)15-7-6-14(24)10-16(15)19(35)33-20(2,3)11-31;1-12-10-13(21(4,22(25,26)27)23(28,29)30)8-9-16(12)32-18(34)14-6-5-7-15(24)17(14)19(35)33-20(2,3)11-31;1-11-9-12(20(23,21(24,25)26)22(27,28)29)7-8-15(11)32-17(34)13-5-4-6-14(30)16(13)18(35)33-19(2,3)10-31;1-19(2,11-30)32-18(34)16-14(5-4-6-15(16)29)17(33)31-13-9-7-12(8-10-13)20(3,21(23,24)25)22(26,27)28/h2*5-10H,1-4H3,(H,32,34)(H,33,35);4-9H,1-3H3,(H,32,34)(H,33,35);4-10H,1-3H3,(H,31,33)(H,32,34). The summed E-state index contributed by atoms with van der Waals surface area (Å²) in [5.41, 5.74) is -30.0. The zero-order valence-corrected chi connectivity index (χ0v) is 79.8. The van der Waals surface area contributed by atoms with E-state index in [1.165, 1.54) is 136 Å². The molecule has 0 radical (unpaired) electrons. The van der Waals surface area contributed by atoms with Crippen molar-refractivity contribution in [3.63, 3.8) is 0 Å². The van der Waals surface area contributed by atoms with Crippen molar-refractivity contribution >= 4 is 138 Å². The van der Waals surface area contributed by atoms with E-state index in [0.29, 0.717) is 55.7 Å². The molecule has 0 aromatic heterocycles. The Labute approximate surface area is 812 Å². The molecule has 0 saturated heterocycles. The van der Waals surface area contributed by atoms with Crippen LogP contribution >= 0.6 is 68.4 Å². The lowest BCUT2D eigenvalue weighted by atomic mass is 9.80. The molecule has 0 bridgehead atoms. The Hall–Kier alpha value is -12.2. The number of alkyl halides is 25. The molecule has 49 heteroatoms. The van der Waals surface area contributed by atoms with Crippen LogP contribution in [0.2, 0.25) is 10.0 Å². The van der Waals surface area contributed by atoms with Crippen LogP contribution in [-0.4, -0.2) is 119 Å². The van der Waals surface area contributed by atoms with Crippen LogP contribution in [0, 0.1) is 73.2 Å². The fourth-order valence-corrected chi connectivity index (χ4v) is 14.0. The van der Waals surface area contributed by atoms with Crippen molar-refractivity contribution in [1.29, 1.82) is 21.0 Å². The van der Waals surface area contributed by atoms with Crippen molar-refractivity contribution in [3.05, 3.63) is 252 Å². The maximum absolute atomic E-state index is 14.3. The van der Waals surface area contributed by atoms with Crippen LogP contribution in [0.5, 0.6) is 0 Å². The molecule has 0 aliphatic rings. The highest BCUT2D eigenvalue weighted by Gasteiger charge is 2.74. The quantitative estimate of drug-likeness (QED) is 0.0261. The van der Waals surface area contributed by atoms with Crippen molar-refractivity contribution < 1.29 is 148 Å². The zero-order valence-electron chi connectivity index (χ0n) is 73.9. The molecular formula is C90H75Cl2F25I2N12O8. The van der Waals surface area contributed by atoms with Crippen molar-refractivity contribution in [2.45, 2.75) is 190 Å². The minimum atomic E-state index is -6.28. The van der Waals surface area contributed by atoms with E-state index in [4.69, 9.17) is 44.2 Å². The van der Waals surface area contributed by atoms with Gasteiger partial charge in [-0.05, 0) is 260 Å². The van der Waals surface area contributed by atoms with Gasteiger partial charge in [0.2, 0.25) is 0 Å². The van der Waals surface area contributed by atoms with Crippen LogP contribution < -0.4 is 42.5 Å². The third-order valence-corrected chi connectivity index (χ3v) is 23.0. The van der Waals surface area contributed by atoms with Gasteiger partial charge in [0.1, 0.15) is 22.2 Å². The number of nitriles is 4. The summed E-state index contributed by atoms with van der Waals surface area (Å²) in [6, 6.07) is 32.7. The highest BCUT2D eigenvalue weighted by Crippen LogP contribution is 2.57. The largest absolute Gasteiger partial charge is 0.435 e. The van der Waals surface area contributed by atoms with E-state index < -0.39 is 163 Å². The molecule has 8 rings (SSSR count). The fourth-order valence-electron chi connectivity index (χ4n) is 12.1. The summed E-state index contributed by atoms with van der Waals surface area (Å²) in [4.78, 5) is 102. The average Bonchev–Trinajstić information content (AvgIpc) is 0.750. The smallest absolute Gasteiger partial charge is 0.334 e. The highest BCUT2D eigenvalue weighted by molar-refractivity contribution is 14.1. The maximum Gasteiger partial charge on any atom is 0.435 e. The van der Waals surface area contributed by atoms with Gasteiger partial charge in [-0.2, -0.15) is 126 Å². The van der Waals surface area contributed by atoms with Crippen molar-refractivity contribution in [2.75, 3.05) is 21.3 Å². The van der Waals surface area contributed by atoms with Gasteiger partial charge in [0.05, 0.1) is 73.8 Å². The number of benzene rings is 8. The van der Waals surface area contributed by atoms with Gasteiger partial charge in [-0.3, -0.25) is 38.4 Å². The monoisotopic (exact) mass is 2250 g/mol. The van der Waals surface area contributed by atoms with Crippen molar-refractivity contribution in [3.8, 4) is 24.3 Å². The number of nitrogens with one attached hydrogen (secondary N) is 8. The Morgan fingerprint density at radius 1 is 0.281 bits per heavy atom. The highest BCUT2D eigenvalue weighted by atomic mass is 127. The normalized spacial score (nSPS) is 12.6. The summed E-state index contributed by atoms with van der Waals surface area (Å²) in [5, 5.41) is 55.7. The van der Waals surface area contributed by atoms with Crippen LogP contribution in [0.1, 0.15) is 198 Å². The minimum absolute atomic E-state index is 0.0396. The summed E-state index contributed by atoms with van der Waals surface area (Å²) in [6.45, 7) is 15.1. The second-order valence-electron chi connectivity index (χ2n) is 32.9. The van der Waals surface area contributed by atoms with Crippen LogP contribution in [0.25, 0.3) is 0 Å². The molecule has 8 amide bonds. The molecule has 0 saturated carbocycles. The van der Waals surface area contributed by atoms with E-state index in [0.717, 1.165) is 31.2 Å². The van der Waals surface area contributed by atoms with Crippen LogP contribution in [0.15, 0.2) is 152 Å². The van der Waals surface area contributed by atoms with Crippen LogP contribution in [0.3, 0.4) is 0 Å². The summed E-state index contributed by atoms with van der Waals surface area (Å²) in [7, 11) is 0. The first kappa shape index (κ1) is 117. The molecule has 0 fully saturated rings. The Morgan fingerprint density at radius 3 is 0.856 bits per heavy atom. The van der Waals surface area contributed by atoms with Gasteiger partial charge in [0.15, 0.2) is 16.2 Å². The topological polar surface area (TPSA) is 328 Å². The maximum atomic E-state index is 14.3. The van der Waals surface area contributed by atoms with E-state index in [2.05, 4.69) is 42.5 Å². The van der Waals surface area contributed by atoms with Gasteiger partial charge in [-0.1, -0.05) is 89.9 Å². The second-order valence-corrected chi connectivity index (χ2v) is 36.1. The molecule has 0 unspecified atom stereocenters. The summed E-state index contributed by atoms with van der Waals surface area (Å²) in [6.07, 6.45) is -46.2. The van der Waals surface area contributed by atoms with Crippen molar-refractivity contribution in [1.82, 2.24) is 21.3 Å². The van der Waals surface area contributed by atoms with E-state index in [1.54, 1.807) is 28.7 Å². The third-order valence-electron chi connectivity index (χ3n) is 20.6. The summed E-state index contributed by atoms with van der Waals surface area (Å²) < 4.78 is 334. The number of amides is 8. The molecule has 8 aromatic carbocycles. The molecular weight excluding hydrogens is 2180 g/mol. The molecule has 8 N–H and O–H groups in total. The predicted molar refractivity (Wildman–Crippen MR) is 475 cm³/mol. The number of hydrogen-bond acceptors (Lipinski definition) is 12. The van der Waals surface area contributed by atoms with E-state index >= 15 is 0 Å². The lowest BCUT2D eigenvalue weighted by Crippen LogP contribution is -2.51. The van der Waals surface area contributed by atoms with Gasteiger partial charge in [-0.15, -0.1) is 0 Å². The Morgan fingerprint density at radius 2 is 0.547 bits per heavy atom. The molecule has 0 aliphatic carbocycles. The Kier molecular flexibility index (Phi) is 36.1. The number of carbonyl (C=O) groups is 8. The number of nitrogens with zero attached hydrogens (tertiary/aromatic N) is 4. The number of carbonyl (C=O) groups excluding carboxylic acids is 8. The number of hydrogen-bond donors (Lipinski definition) is 8. The van der Waals surface area contributed by atoms with Gasteiger partial charge in [-0.25, -0.2) is 4.39 Å². The minimum Gasteiger partial charge on any atom is -0.334 e. The zero-order chi connectivity index (χ0) is 107. The van der Waals surface area contributed by atoms with E-state index in [9.17, 15) is 148 Å². The van der Waals surface area contributed by atoms with Gasteiger partial charge in [0, 0.05) is 40.5 Å². The van der Waals surface area contributed by atoms with Gasteiger partial charge < -0.3 is 42.5 Å². The average molecular weight is 2250 g/mol. The second kappa shape index (κ2) is 42.8. The molecule has 8 aromatic rings. The summed E-state index contributed by atoms with van der Waals surface area (Å²) >= 11 is 15.6. The molecule has 20 nitrogen and oxygen atoms in total. The molecule has 0 atom stereocenters. The first-order chi connectivity index (χ1) is 63.0.